The van der Waals surface area contributed by atoms with Gasteiger partial charge in [-0.15, -0.1) is 0 Å². The molecule has 98 valence electrons. The first-order valence-electron chi connectivity index (χ1n) is 6.26. The first kappa shape index (κ1) is 14.6. The molecule has 0 aliphatic heterocycles. The van der Waals surface area contributed by atoms with Crippen LogP contribution in [0.4, 0.5) is 0 Å². The summed E-state index contributed by atoms with van der Waals surface area (Å²) in [6.07, 6.45) is 4.54. The Labute approximate surface area is 109 Å². The fourth-order valence-corrected chi connectivity index (χ4v) is 2.22. The molecule has 1 rings (SSSR count). The van der Waals surface area contributed by atoms with E-state index in [0.717, 1.165) is 23.9 Å². The van der Waals surface area contributed by atoms with E-state index in [1.165, 1.54) is 24.2 Å². The van der Waals surface area contributed by atoms with Crippen molar-refractivity contribution in [1.82, 2.24) is 15.1 Å². The minimum absolute atomic E-state index is 0.759. The topological polar surface area (TPSA) is 31.9 Å². The van der Waals surface area contributed by atoms with Crippen molar-refractivity contribution in [3.8, 4) is 0 Å². The van der Waals surface area contributed by atoms with Gasteiger partial charge in [0.2, 0.25) is 0 Å². The molecule has 1 aromatic heterocycles. The number of H-pyrrole nitrogens is 1. The van der Waals surface area contributed by atoms with Crippen molar-refractivity contribution < 1.29 is 0 Å². The summed E-state index contributed by atoms with van der Waals surface area (Å²) >= 11 is 1.95. The number of hydrogen-bond acceptors (Lipinski definition) is 3. The first-order valence-corrected chi connectivity index (χ1v) is 7.55. The molecule has 0 amide bonds. The van der Waals surface area contributed by atoms with Crippen LogP contribution in [0.5, 0.6) is 0 Å². The molecule has 17 heavy (non-hydrogen) atoms. The number of likely N-dealkylation sites (N-methyl/N-ethyl adjacent to an activating group) is 1. The van der Waals surface area contributed by atoms with Gasteiger partial charge in [-0.1, -0.05) is 6.92 Å². The summed E-state index contributed by atoms with van der Waals surface area (Å²) in [6, 6.07) is 0. The maximum atomic E-state index is 4.23. The lowest BCUT2D eigenvalue weighted by atomic mass is 10.1. The van der Waals surface area contributed by atoms with Gasteiger partial charge in [0, 0.05) is 17.5 Å². The Kier molecular flexibility index (Phi) is 6.06. The number of aromatic nitrogens is 2. The number of nitrogens with one attached hydrogen (secondary N) is 1. The zero-order valence-corrected chi connectivity index (χ0v) is 12.5. The average Bonchev–Trinajstić information content (AvgIpc) is 2.63. The van der Waals surface area contributed by atoms with Crippen molar-refractivity contribution in [2.75, 3.05) is 26.4 Å². The lowest BCUT2D eigenvalue weighted by Crippen LogP contribution is -2.24. The molecule has 3 nitrogen and oxygen atoms in total. The lowest BCUT2D eigenvalue weighted by Gasteiger charge is -2.18. The standard InChI is InChI=1S/C13H25N3S/c1-10(17-5)6-8-16(4)9-7-13-11(2)14-15-12(13)3/h10H,6-9H2,1-5H3,(H,14,15)/t10-/m0/s1. The highest BCUT2D eigenvalue weighted by Crippen LogP contribution is 2.12. The largest absolute Gasteiger partial charge is 0.306 e. The Morgan fingerprint density at radius 2 is 2.06 bits per heavy atom. The molecule has 0 unspecified atom stereocenters. The molecular formula is C13H25N3S. The van der Waals surface area contributed by atoms with Gasteiger partial charge in [-0.05, 0) is 52.1 Å². The predicted octanol–water partition coefficient (Wildman–Crippen LogP) is 2.64. The molecule has 0 spiro atoms. The van der Waals surface area contributed by atoms with Crippen LogP contribution >= 0.6 is 11.8 Å². The second kappa shape index (κ2) is 7.07. The lowest BCUT2D eigenvalue weighted by molar-refractivity contribution is 0.333. The normalized spacial score (nSPS) is 13.3. The van der Waals surface area contributed by atoms with Gasteiger partial charge in [-0.2, -0.15) is 16.9 Å². The van der Waals surface area contributed by atoms with Gasteiger partial charge in [0.1, 0.15) is 0 Å². The molecule has 0 radical (unpaired) electrons. The highest BCUT2D eigenvalue weighted by atomic mass is 32.2. The third-order valence-corrected chi connectivity index (χ3v) is 4.38. The van der Waals surface area contributed by atoms with Crippen LogP contribution in [-0.2, 0) is 6.42 Å². The van der Waals surface area contributed by atoms with Gasteiger partial charge >= 0.3 is 0 Å². The Hall–Kier alpha value is -0.480. The van der Waals surface area contributed by atoms with Crippen molar-refractivity contribution in [3.05, 3.63) is 17.0 Å². The van der Waals surface area contributed by atoms with Crippen molar-refractivity contribution in [2.45, 2.75) is 38.9 Å². The van der Waals surface area contributed by atoms with Crippen LogP contribution in [0.2, 0.25) is 0 Å². The zero-order chi connectivity index (χ0) is 12.8. The van der Waals surface area contributed by atoms with E-state index in [0.29, 0.717) is 0 Å². The molecule has 0 saturated heterocycles. The summed E-state index contributed by atoms with van der Waals surface area (Å²) < 4.78 is 0. The minimum atomic E-state index is 0.759. The van der Waals surface area contributed by atoms with E-state index in [9.17, 15) is 0 Å². The third kappa shape index (κ3) is 4.72. The van der Waals surface area contributed by atoms with Crippen LogP contribution in [0, 0.1) is 13.8 Å². The minimum Gasteiger partial charge on any atom is -0.306 e. The van der Waals surface area contributed by atoms with Gasteiger partial charge in [-0.3, -0.25) is 5.10 Å². The maximum Gasteiger partial charge on any atom is 0.0626 e. The monoisotopic (exact) mass is 255 g/mol. The molecule has 0 aliphatic rings. The number of thioether (sulfide) groups is 1. The molecule has 0 aromatic carbocycles. The Morgan fingerprint density at radius 1 is 1.35 bits per heavy atom. The molecule has 1 aromatic rings. The molecule has 0 saturated carbocycles. The molecule has 0 bridgehead atoms. The van der Waals surface area contributed by atoms with Crippen molar-refractivity contribution in [2.24, 2.45) is 0 Å². The SMILES string of the molecule is CS[C@@H](C)CCN(C)CCc1c(C)n[nH]c1C. The molecule has 0 fully saturated rings. The smallest absolute Gasteiger partial charge is 0.0626 e. The number of rotatable bonds is 7. The fourth-order valence-electron chi connectivity index (χ4n) is 1.88. The zero-order valence-electron chi connectivity index (χ0n) is 11.7. The van der Waals surface area contributed by atoms with E-state index in [1.54, 1.807) is 0 Å². The molecule has 4 heteroatoms. The summed E-state index contributed by atoms with van der Waals surface area (Å²) in [5.74, 6) is 0. The van der Waals surface area contributed by atoms with E-state index in [1.807, 2.05) is 11.8 Å². The number of nitrogens with zero attached hydrogens (tertiary/aromatic N) is 2. The number of aryl methyl sites for hydroxylation is 2. The van der Waals surface area contributed by atoms with E-state index in [2.05, 4.69) is 49.2 Å². The van der Waals surface area contributed by atoms with Crippen LogP contribution < -0.4 is 0 Å². The van der Waals surface area contributed by atoms with E-state index in [4.69, 9.17) is 0 Å². The Bertz CT molecular complexity index is 316. The molecule has 1 atom stereocenters. The van der Waals surface area contributed by atoms with Crippen molar-refractivity contribution in [1.29, 1.82) is 0 Å². The molecule has 1 heterocycles. The highest BCUT2D eigenvalue weighted by molar-refractivity contribution is 7.99. The molecular weight excluding hydrogens is 230 g/mol. The summed E-state index contributed by atoms with van der Waals surface area (Å²) in [4.78, 5) is 2.42. The summed E-state index contributed by atoms with van der Waals surface area (Å²) in [7, 11) is 2.21. The third-order valence-electron chi connectivity index (χ3n) is 3.34. The summed E-state index contributed by atoms with van der Waals surface area (Å²) in [6.45, 7) is 8.77. The van der Waals surface area contributed by atoms with E-state index < -0.39 is 0 Å². The van der Waals surface area contributed by atoms with Gasteiger partial charge in [-0.25, -0.2) is 0 Å². The van der Waals surface area contributed by atoms with Gasteiger partial charge in [0.15, 0.2) is 0 Å². The molecule has 0 aliphatic carbocycles. The van der Waals surface area contributed by atoms with Gasteiger partial charge < -0.3 is 4.90 Å². The van der Waals surface area contributed by atoms with Crippen LogP contribution in [0.3, 0.4) is 0 Å². The predicted molar refractivity (Wildman–Crippen MR) is 76.9 cm³/mol. The van der Waals surface area contributed by atoms with Crippen molar-refractivity contribution >= 4 is 11.8 Å². The number of hydrogen-bond donors (Lipinski definition) is 1. The first-order chi connectivity index (χ1) is 8.04. The maximum absolute atomic E-state index is 4.23. The van der Waals surface area contributed by atoms with Gasteiger partial charge in [0.05, 0.1) is 5.69 Å². The fraction of sp³-hybridized carbons (Fsp3) is 0.769. The Balaban J connectivity index is 2.31. The highest BCUT2D eigenvalue weighted by Gasteiger charge is 2.08. The van der Waals surface area contributed by atoms with Crippen LogP contribution in [-0.4, -0.2) is 46.7 Å². The quantitative estimate of drug-likeness (QED) is 0.813. The second-order valence-corrected chi connectivity index (χ2v) is 6.08. The Morgan fingerprint density at radius 3 is 2.59 bits per heavy atom. The van der Waals surface area contributed by atoms with Crippen LogP contribution in [0.1, 0.15) is 30.3 Å². The number of aromatic amines is 1. The van der Waals surface area contributed by atoms with Crippen molar-refractivity contribution in [3.63, 3.8) is 0 Å². The van der Waals surface area contributed by atoms with Gasteiger partial charge in [0.25, 0.3) is 0 Å². The van der Waals surface area contributed by atoms with E-state index in [-0.39, 0.29) is 0 Å². The summed E-state index contributed by atoms with van der Waals surface area (Å²) in [5, 5.41) is 8.04. The van der Waals surface area contributed by atoms with Crippen LogP contribution in [0.25, 0.3) is 0 Å². The van der Waals surface area contributed by atoms with Crippen LogP contribution in [0.15, 0.2) is 0 Å². The van der Waals surface area contributed by atoms with E-state index >= 15 is 0 Å². The second-order valence-electron chi connectivity index (χ2n) is 4.80. The summed E-state index contributed by atoms with van der Waals surface area (Å²) in [5.41, 5.74) is 3.75. The average molecular weight is 255 g/mol. The molecule has 1 N–H and O–H groups in total.